The number of hydrogen-bond acceptors (Lipinski definition) is 2. The van der Waals surface area contributed by atoms with E-state index in [1.165, 1.54) is 6.42 Å². The molecule has 1 amide bonds. The molecule has 1 aliphatic rings. The number of carbonyl (C=O) groups excluding carboxylic acids is 1. The molecule has 0 bridgehead atoms. The first-order valence-corrected chi connectivity index (χ1v) is 6.76. The molecule has 4 heteroatoms. The Morgan fingerprint density at radius 3 is 2.32 bits per heavy atom. The van der Waals surface area contributed by atoms with Crippen molar-refractivity contribution in [2.75, 3.05) is 0 Å². The number of rotatable bonds is 4. The molecule has 1 aliphatic carbocycles. The topological polar surface area (TPSA) is 66.4 Å². The van der Waals surface area contributed by atoms with Crippen LogP contribution in [0.4, 0.5) is 0 Å². The van der Waals surface area contributed by atoms with Gasteiger partial charge in [0.25, 0.3) is 0 Å². The highest BCUT2D eigenvalue weighted by Crippen LogP contribution is 2.24. The fourth-order valence-corrected chi connectivity index (χ4v) is 2.56. The molecule has 2 rings (SSSR count). The highest BCUT2D eigenvalue weighted by Gasteiger charge is 2.27. The highest BCUT2D eigenvalue weighted by molar-refractivity contribution is 5.85. The van der Waals surface area contributed by atoms with E-state index in [1.54, 1.807) is 24.3 Å². The fraction of sp³-hybridized carbons (Fsp3) is 0.467. The maximum Gasteiger partial charge on any atom is 0.330 e. The van der Waals surface area contributed by atoms with Crippen LogP contribution in [0.5, 0.6) is 0 Å². The van der Waals surface area contributed by atoms with Gasteiger partial charge in [0.1, 0.15) is 0 Å². The van der Waals surface area contributed by atoms with Crippen molar-refractivity contribution in [2.45, 2.75) is 38.1 Å². The van der Waals surface area contributed by atoms with Gasteiger partial charge in [0, 0.05) is 5.92 Å². The molecule has 0 radical (unpaired) electrons. The van der Waals surface area contributed by atoms with Crippen molar-refractivity contribution in [3.05, 3.63) is 35.9 Å². The lowest BCUT2D eigenvalue weighted by Crippen LogP contribution is -2.38. The third-order valence-corrected chi connectivity index (χ3v) is 3.64. The Balaban J connectivity index is 2.04. The minimum Gasteiger partial charge on any atom is -0.479 e. The van der Waals surface area contributed by atoms with Crippen molar-refractivity contribution in [3.63, 3.8) is 0 Å². The van der Waals surface area contributed by atoms with Crippen LogP contribution in [-0.4, -0.2) is 17.0 Å². The SMILES string of the molecule is O=C(N[C@H](C(=O)O)c1ccccc1)C1CCCCC1. The van der Waals surface area contributed by atoms with Crippen molar-refractivity contribution in [2.24, 2.45) is 5.92 Å². The predicted molar refractivity (Wildman–Crippen MR) is 71.5 cm³/mol. The van der Waals surface area contributed by atoms with E-state index in [9.17, 15) is 14.7 Å². The van der Waals surface area contributed by atoms with Gasteiger partial charge < -0.3 is 10.4 Å². The molecule has 2 N–H and O–H groups in total. The molecule has 0 aromatic heterocycles. The summed E-state index contributed by atoms with van der Waals surface area (Å²) >= 11 is 0. The van der Waals surface area contributed by atoms with Crippen LogP contribution in [-0.2, 0) is 9.59 Å². The number of carbonyl (C=O) groups is 2. The molecule has 1 fully saturated rings. The molecule has 19 heavy (non-hydrogen) atoms. The van der Waals surface area contributed by atoms with Gasteiger partial charge in [-0.15, -0.1) is 0 Å². The lowest BCUT2D eigenvalue weighted by Gasteiger charge is -2.23. The van der Waals surface area contributed by atoms with Gasteiger partial charge in [-0.25, -0.2) is 4.79 Å². The van der Waals surface area contributed by atoms with E-state index in [0.29, 0.717) is 5.56 Å². The molecule has 1 saturated carbocycles. The molecule has 0 heterocycles. The van der Waals surface area contributed by atoms with Gasteiger partial charge in [0.15, 0.2) is 6.04 Å². The second kappa shape index (κ2) is 6.36. The maximum atomic E-state index is 12.1. The van der Waals surface area contributed by atoms with Crippen LogP contribution in [0.1, 0.15) is 43.7 Å². The predicted octanol–water partition coefficient (Wildman–Crippen LogP) is 2.51. The van der Waals surface area contributed by atoms with Crippen molar-refractivity contribution >= 4 is 11.9 Å². The average molecular weight is 261 g/mol. The number of amides is 1. The van der Waals surface area contributed by atoms with E-state index in [2.05, 4.69) is 5.32 Å². The Kier molecular flexibility index (Phi) is 4.55. The summed E-state index contributed by atoms with van der Waals surface area (Å²) in [4.78, 5) is 23.4. The van der Waals surface area contributed by atoms with Gasteiger partial charge in [0.05, 0.1) is 0 Å². The minimum absolute atomic E-state index is 0.0284. The largest absolute Gasteiger partial charge is 0.479 e. The zero-order valence-electron chi connectivity index (χ0n) is 10.8. The van der Waals surface area contributed by atoms with E-state index in [-0.39, 0.29) is 11.8 Å². The van der Waals surface area contributed by atoms with Crippen LogP contribution < -0.4 is 5.32 Å². The number of carboxylic acid groups (broad SMARTS) is 1. The van der Waals surface area contributed by atoms with Gasteiger partial charge in [-0.2, -0.15) is 0 Å². The van der Waals surface area contributed by atoms with E-state index >= 15 is 0 Å². The van der Waals surface area contributed by atoms with Gasteiger partial charge in [0.2, 0.25) is 5.91 Å². The molecule has 1 aromatic rings. The van der Waals surface area contributed by atoms with E-state index in [0.717, 1.165) is 25.7 Å². The highest BCUT2D eigenvalue weighted by atomic mass is 16.4. The molecular weight excluding hydrogens is 242 g/mol. The second-order valence-corrected chi connectivity index (χ2v) is 5.03. The summed E-state index contributed by atoms with van der Waals surface area (Å²) < 4.78 is 0. The zero-order chi connectivity index (χ0) is 13.7. The van der Waals surface area contributed by atoms with Crippen molar-refractivity contribution in [1.29, 1.82) is 0 Å². The summed E-state index contributed by atoms with van der Waals surface area (Å²) in [5.74, 6) is -1.18. The lowest BCUT2D eigenvalue weighted by molar-refractivity contribution is -0.142. The Bertz CT molecular complexity index is 438. The summed E-state index contributed by atoms with van der Waals surface area (Å²) in [5, 5.41) is 11.9. The van der Waals surface area contributed by atoms with Crippen LogP contribution in [0.2, 0.25) is 0 Å². The second-order valence-electron chi connectivity index (χ2n) is 5.03. The molecule has 102 valence electrons. The maximum absolute atomic E-state index is 12.1. The smallest absolute Gasteiger partial charge is 0.330 e. The lowest BCUT2D eigenvalue weighted by atomic mass is 9.88. The molecule has 0 saturated heterocycles. The summed E-state index contributed by atoms with van der Waals surface area (Å²) in [6.07, 6.45) is 5.02. The summed E-state index contributed by atoms with van der Waals surface area (Å²) in [6.45, 7) is 0. The minimum atomic E-state index is -1.02. The molecule has 1 atom stereocenters. The zero-order valence-corrected chi connectivity index (χ0v) is 10.8. The molecule has 0 aliphatic heterocycles. The number of carboxylic acids is 1. The third kappa shape index (κ3) is 3.56. The molecule has 1 aromatic carbocycles. The molecule has 0 unspecified atom stereocenters. The fourth-order valence-electron chi connectivity index (χ4n) is 2.56. The number of aliphatic carboxylic acids is 1. The molecule has 0 spiro atoms. The van der Waals surface area contributed by atoms with E-state index in [4.69, 9.17) is 0 Å². The van der Waals surface area contributed by atoms with Gasteiger partial charge in [-0.1, -0.05) is 49.6 Å². The Morgan fingerprint density at radius 1 is 1.11 bits per heavy atom. The molecule has 4 nitrogen and oxygen atoms in total. The quantitative estimate of drug-likeness (QED) is 0.875. The van der Waals surface area contributed by atoms with Crippen molar-refractivity contribution < 1.29 is 14.7 Å². The normalized spacial score (nSPS) is 17.7. The van der Waals surface area contributed by atoms with Crippen molar-refractivity contribution in [1.82, 2.24) is 5.32 Å². The Hall–Kier alpha value is -1.84. The van der Waals surface area contributed by atoms with Crippen LogP contribution in [0.25, 0.3) is 0 Å². The monoisotopic (exact) mass is 261 g/mol. The Morgan fingerprint density at radius 2 is 1.74 bits per heavy atom. The first-order chi connectivity index (χ1) is 9.18. The van der Waals surface area contributed by atoms with E-state index < -0.39 is 12.0 Å². The Labute approximate surface area is 112 Å². The van der Waals surface area contributed by atoms with Gasteiger partial charge in [-0.3, -0.25) is 4.79 Å². The third-order valence-electron chi connectivity index (χ3n) is 3.64. The molecular formula is C15H19NO3. The van der Waals surface area contributed by atoms with Crippen molar-refractivity contribution in [3.8, 4) is 0 Å². The first kappa shape index (κ1) is 13.6. The summed E-state index contributed by atoms with van der Waals surface area (Å²) in [5.41, 5.74) is 0.610. The summed E-state index contributed by atoms with van der Waals surface area (Å²) in [7, 11) is 0. The van der Waals surface area contributed by atoms with Gasteiger partial charge in [-0.05, 0) is 18.4 Å². The standard InChI is InChI=1S/C15H19NO3/c17-14(12-9-5-2-6-10-12)16-13(15(18)19)11-7-3-1-4-8-11/h1,3-4,7-8,12-13H,2,5-6,9-10H2,(H,16,17)(H,18,19)/t13-/m0/s1. The van der Waals surface area contributed by atoms with Gasteiger partial charge >= 0.3 is 5.97 Å². The van der Waals surface area contributed by atoms with Crippen LogP contribution in [0.15, 0.2) is 30.3 Å². The number of hydrogen-bond donors (Lipinski definition) is 2. The first-order valence-electron chi connectivity index (χ1n) is 6.76. The number of benzene rings is 1. The van der Waals surface area contributed by atoms with E-state index in [1.807, 2.05) is 6.07 Å². The average Bonchev–Trinajstić information content (AvgIpc) is 2.46. The van der Waals surface area contributed by atoms with Crippen LogP contribution in [0, 0.1) is 5.92 Å². The van der Waals surface area contributed by atoms with Crippen LogP contribution >= 0.6 is 0 Å². The summed E-state index contributed by atoms with van der Waals surface area (Å²) in [6, 6.07) is 7.87. The van der Waals surface area contributed by atoms with Crippen LogP contribution in [0.3, 0.4) is 0 Å². The number of nitrogens with one attached hydrogen (secondary N) is 1.